The predicted octanol–water partition coefficient (Wildman–Crippen LogP) is 6.72. The highest BCUT2D eigenvalue weighted by Crippen LogP contribution is 2.73. The van der Waals surface area contributed by atoms with Crippen molar-refractivity contribution in [2.75, 3.05) is 13.1 Å². The summed E-state index contributed by atoms with van der Waals surface area (Å²) >= 11 is 6.47. The molecule has 0 amide bonds. The van der Waals surface area contributed by atoms with Crippen molar-refractivity contribution in [1.29, 1.82) is 0 Å². The molecule has 1 aliphatic heterocycles. The molecule has 5 fully saturated rings. The second kappa shape index (κ2) is 7.80. The number of rotatable bonds is 5. The molecule has 2 nitrogen and oxygen atoms in total. The maximum absolute atomic E-state index is 6.50. The summed E-state index contributed by atoms with van der Waals surface area (Å²) in [5, 5.41) is 0. The summed E-state index contributed by atoms with van der Waals surface area (Å²) in [6.07, 6.45) is 11.8. The molecule has 1 aromatic carbocycles. The van der Waals surface area contributed by atoms with Gasteiger partial charge in [0.2, 0.25) is 0 Å². The van der Waals surface area contributed by atoms with Gasteiger partial charge >= 0.3 is 0 Å². The highest BCUT2D eigenvalue weighted by molar-refractivity contribution is 7.80. The van der Waals surface area contributed by atoms with E-state index in [-0.39, 0.29) is 16.9 Å². The Kier molecular flexibility index (Phi) is 5.57. The molecule has 3 atom stereocenters. The van der Waals surface area contributed by atoms with Crippen LogP contribution in [-0.4, -0.2) is 29.0 Å². The van der Waals surface area contributed by atoms with Crippen molar-refractivity contribution in [3.05, 3.63) is 35.9 Å². The minimum atomic E-state index is 0.136. The van der Waals surface area contributed by atoms with Gasteiger partial charge in [0.1, 0.15) is 0 Å². The molecule has 4 bridgehead atoms. The number of thiocarbonyl (C=S) groups is 1. The van der Waals surface area contributed by atoms with Gasteiger partial charge in [-0.3, -0.25) is 0 Å². The van der Waals surface area contributed by atoms with Crippen LogP contribution in [0.15, 0.2) is 30.3 Å². The van der Waals surface area contributed by atoms with Gasteiger partial charge in [-0.2, -0.15) is 0 Å². The van der Waals surface area contributed by atoms with E-state index in [2.05, 4.69) is 62.9 Å². The molecule has 0 radical (unpaired) electrons. The van der Waals surface area contributed by atoms with Crippen LogP contribution >= 0.6 is 12.2 Å². The van der Waals surface area contributed by atoms with Crippen molar-refractivity contribution in [2.45, 2.75) is 96.9 Å². The van der Waals surface area contributed by atoms with Crippen LogP contribution in [0, 0.1) is 28.1 Å². The monoisotopic (exact) mass is 452 g/mol. The van der Waals surface area contributed by atoms with E-state index in [1.54, 1.807) is 5.56 Å². The summed E-state index contributed by atoms with van der Waals surface area (Å²) < 4.78 is 0. The van der Waals surface area contributed by atoms with Crippen LogP contribution < -0.4 is 5.73 Å². The van der Waals surface area contributed by atoms with Gasteiger partial charge in [0.15, 0.2) is 0 Å². The number of nitrogens with zero attached hydrogens (tertiary/aromatic N) is 1. The molecule has 176 valence electrons. The second-order valence-corrected chi connectivity index (χ2v) is 13.1. The van der Waals surface area contributed by atoms with Crippen LogP contribution in [0.3, 0.4) is 0 Å². The third-order valence-corrected chi connectivity index (χ3v) is 11.4. The highest BCUT2D eigenvalue weighted by atomic mass is 32.1. The van der Waals surface area contributed by atoms with E-state index in [1.165, 1.54) is 56.4 Å². The van der Waals surface area contributed by atoms with Crippen molar-refractivity contribution in [3.8, 4) is 0 Å². The first-order valence-electron chi connectivity index (χ1n) is 13.3. The fourth-order valence-corrected chi connectivity index (χ4v) is 9.57. The predicted molar refractivity (Wildman–Crippen MR) is 139 cm³/mol. The number of benzene rings is 1. The maximum atomic E-state index is 6.50. The summed E-state index contributed by atoms with van der Waals surface area (Å²) in [6, 6.07) is 11.8. The van der Waals surface area contributed by atoms with E-state index in [0.717, 1.165) is 31.3 Å². The molecule has 4 aliphatic carbocycles. The summed E-state index contributed by atoms with van der Waals surface area (Å²) in [6.45, 7) is 11.6. The molecule has 2 unspecified atom stereocenters. The van der Waals surface area contributed by atoms with Gasteiger partial charge in [0.25, 0.3) is 0 Å². The van der Waals surface area contributed by atoms with Crippen molar-refractivity contribution < 1.29 is 0 Å². The molecule has 1 saturated heterocycles. The van der Waals surface area contributed by atoms with Gasteiger partial charge in [-0.25, -0.2) is 0 Å². The first kappa shape index (κ1) is 22.8. The van der Waals surface area contributed by atoms with Crippen molar-refractivity contribution in [2.24, 2.45) is 33.8 Å². The maximum Gasteiger partial charge on any atom is 0.0842 e. The molecule has 0 aromatic heterocycles. The smallest absolute Gasteiger partial charge is 0.0842 e. The molecule has 4 saturated carbocycles. The van der Waals surface area contributed by atoms with Gasteiger partial charge in [0.05, 0.1) is 4.99 Å². The Hall–Kier alpha value is -0.930. The normalized spacial score (nSPS) is 42.3. The SMILES string of the molecule is CCCC1(CC)C2CC3(C(=S)N4CC[C@H](N)C(C)(C)C4)CC1CC(c1ccccc1)(C2)C3. The van der Waals surface area contributed by atoms with Crippen molar-refractivity contribution in [3.63, 3.8) is 0 Å². The van der Waals surface area contributed by atoms with E-state index in [1.807, 2.05) is 0 Å². The Bertz CT molecular complexity index is 843. The lowest BCUT2D eigenvalue weighted by molar-refractivity contribution is -0.150. The number of likely N-dealkylation sites (tertiary alicyclic amines) is 1. The second-order valence-electron chi connectivity index (χ2n) is 12.8. The van der Waals surface area contributed by atoms with Crippen LogP contribution in [0.1, 0.15) is 91.0 Å². The molecule has 2 N–H and O–H groups in total. The third kappa shape index (κ3) is 3.24. The number of piperidine rings is 1. The highest BCUT2D eigenvalue weighted by Gasteiger charge is 2.67. The molecule has 1 aromatic rings. The zero-order chi connectivity index (χ0) is 22.8. The van der Waals surface area contributed by atoms with Crippen LogP contribution in [0.25, 0.3) is 0 Å². The average Bonchev–Trinajstić information content (AvgIpc) is 2.78. The summed E-state index contributed by atoms with van der Waals surface area (Å²) in [7, 11) is 0. The lowest BCUT2D eigenvalue weighted by Crippen LogP contribution is -2.66. The van der Waals surface area contributed by atoms with E-state index in [9.17, 15) is 0 Å². The lowest BCUT2D eigenvalue weighted by atomic mass is 9.35. The van der Waals surface area contributed by atoms with Gasteiger partial charge < -0.3 is 10.6 Å². The minimum absolute atomic E-state index is 0.136. The Morgan fingerprint density at radius 3 is 2.28 bits per heavy atom. The lowest BCUT2D eigenvalue weighted by Gasteiger charge is -2.70. The standard InChI is InChI=1S/C29H44N2S/c1-5-13-29(6-2)22-15-27(21-10-8-7-9-11-21)16-23(29)18-28(17-22,19-27)25(32)31-14-12-24(30)26(3,4)20-31/h7-11,22-24H,5-6,12-20,30H2,1-4H3/t22?,23?,24-,27?,28?,29?/m0/s1. The minimum Gasteiger partial charge on any atom is -0.365 e. The zero-order valence-corrected chi connectivity index (χ0v) is 21.6. The largest absolute Gasteiger partial charge is 0.365 e. The Morgan fingerprint density at radius 1 is 1.06 bits per heavy atom. The fraction of sp³-hybridized carbons (Fsp3) is 0.759. The average molecular weight is 453 g/mol. The topological polar surface area (TPSA) is 29.3 Å². The fourth-order valence-electron chi connectivity index (χ4n) is 9.17. The van der Waals surface area contributed by atoms with E-state index in [4.69, 9.17) is 18.0 Å². The van der Waals surface area contributed by atoms with E-state index < -0.39 is 0 Å². The van der Waals surface area contributed by atoms with Crippen LogP contribution in [-0.2, 0) is 5.41 Å². The Morgan fingerprint density at radius 2 is 1.72 bits per heavy atom. The molecule has 1 heterocycles. The molecule has 32 heavy (non-hydrogen) atoms. The first-order chi connectivity index (χ1) is 15.2. The van der Waals surface area contributed by atoms with Gasteiger partial charge in [-0.05, 0) is 85.0 Å². The third-order valence-electron chi connectivity index (χ3n) is 10.7. The number of hydrogen-bond acceptors (Lipinski definition) is 2. The molecule has 0 spiro atoms. The molecular weight excluding hydrogens is 408 g/mol. The number of nitrogens with two attached hydrogens (primary N) is 1. The van der Waals surface area contributed by atoms with Crippen LogP contribution in [0.2, 0.25) is 0 Å². The number of hydrogen-bond donors (Lipinski definition) is 1. The first-order valence-corrected chi connectivity index (χ1v) is 13.7. The summed E-state index contributed by atoms with van der Waals surface area (Å²) in [5.41, 5.74) is 9.29. The summed E-state index contributed by atoms with van der Waals surface area (Å²) in [5.74, 6) is 1.62. The quantitative estimate of drug-likeness (QED) is 0.503. The Labute approximate surface area is 201 Å². The van der Waals surface area contributed by atoms with Gasteiger partial charge in [-0.15, -0.1) is 0 Å². The van der Waals surface area contributed by atoms with Crippen molar-refractivity contribution >= 4 is 17.2 Å². The summed E-state index contributed by atoms with van der Waals surface area (Å²) in [4.78, 5) is 3.89. The molecule has 6 rings (SSSR count). The van der Waals surface area contributed by atoms with Gasteiger partial charge in [0, 0.05) is 24.5 Å². The zero-order valence-electron chi connectivity index (χ0n) is 20.8. The van der Waals surface area contributed by atoms with Gasteiger partial charge in [-0.1, -0.05) is 76.7 Å². The Balaban J connectivity index is 1.53. The van der Waals surface area contributed by atoms with Crippen molar-refractivity contribution in [1.82, 2.24) is 4.90 Å². The molecule has 3 heteroatoms. The van der Waals surface area contributed by atoms with Crippen LogP contribution in [0.5, 0.6) is 0 Å². The molecule has 5 aliphatic rings. The van der Waals surface area contributed by atoms with E-state index >= 15 is 0 Å². The van der Waals surface area contributed by atoms with Crippen LogP contribution in [0.4, 0.5) is 0 Å². The molecular formula is C29H44N2S. The van der Waals surface area contributed by atoms with E-state index in [0.29, 0.717) is 10.8 Å².